The maximum atomic E-state index is 14.7. The summed E-state index contributed by atoms with van der Waals surface area (Å²) in [4.78, 5) is 28.4. The minimum absolute atomic E-state index is 0.274. The van der Waals surface area contributed by atoms with E-state index in [9.17, 15) is 14.0 Å². The number of H-pyrrole nitrogens is 1. The Morgan fingerprint density at radius 2 is 2.00 bits per heavy atom. The average Bonchev–Trinajstić information content (AvgIpc) is 3.08. The maximum Gasteiger partial charge on any atom is 0.347 e. The monoisotopic (exact) mass is 398 g/mol. The Bertz CT molecular complexity index is 1100. The molecule has 1 aliphatic rings. The van der Waals surface area contributed by atoms with E-state index in [1.54, 1.807) is 24.3 Å². The predicted octanol–water partition coefficient (Wildman–Crippen LogP) is 1.94. The molecule has 0 spiro atoms. The molecule has 1 saturated heterocycles. The van der Waals surface area contributed by atoms with Gasteiger partial charge in [-0.15, -0.1) is 0 Å². The number of aromatic amines is 1. The molecule has 3 aromatic rings. The normalized spacial score (nSPS) is 15.2. The van der Waals surface area contributed by atoms with Gasteiger partial charge in [-0.3, -0.25) is 4.79 Å². The molecule has 0 aliphatic carbocycles. The van der Waals surface area contributed by atoms with Crippen LogP contribution in [0.5, 0.6) is 0 Å². The van der Waals surface area contributed by atoms with Crippen LogP contribution in [0, 0.1) is 5.82 Å². The highest BCUT2D eigenvalue weighted by Gasteiger charge is 2.22. The van der Waals surface area contributed by atoms with Gasteiger partial charge in [0.1, 0.15) is 5.82 Å². The van der Waals surface area contributed by atoms with Gasteiger partial charge in [-0.1, -0.05) is 0 Å². The number of nitrogens with one attached hydrogen (secondary N) is 2. The molecule has 1 aromatic carbocycles. The third-order valence-corrected chi connectivity index (χ3v) is 5.42. The third kappa shape index (κ3) is 3.86. The smallest absolute Gasteiger partial charge is 0.347 e. The van der Waals surface area contributed by atoms with Crippen LogP contribution in [0.15, 0.2) is 41.3 Å². The van der Waals surface area contributed by atoms with E-state index in [1.807, 2.05) is 4.90 Å². The molecule has 3 heterocycles. The van der Waals surface area contributed by atoms with E-state index in [0.717, 1.165) is 25.9 Å². The summed E-state index contributed by atoms with van der Waals surface area (Å²) < 4.78 is 15.9. The van der Waals surface area contributed by atoms with Crippen LogP contribution >= 0.6 is 0 Å². The fourth-order valence-corrected chi connectivity index (χ4v) is 3.71. The van der Waals surface area contributed by atoms with E-state index in [2.05, 4.69) is 34.5 Å². The minimum atomic E-state index is -0.432. The number of aromatic nitrogens is 3. The first-order valence-corrected chi connectivity index (χ1v) is 9.51. The second-order valence-electron chi connectivity index (χ2n) is 7.48. The van der Waals surface area contributed by atoms with Crippen molar-refractivity contribution < 1.29 is 9.18 Å². The molecule has 1 amide bonds. The first kappa shape index (κ1) is 19.1. The number of piperidine rings is 1. The van der Waals surface area contributed by atoms with Crippen LogP contribution in [0.2, 0.25) is 0 Å². The molecule has 152 valence electrons. The number of carbonyl (C=O) groups excluding carboxylic acids is 1. The molecule has 0 atom stereocenters. The quantitative estimate of drug-likeness (QED) is 0.702. The number of hydrogen-bond donors (Lipinski definition) is 2. The largest absolute Gasteiger partial charge is 0.369 e. The van der Waals surface area contributed by atoms with Crippen molar-refractivity contribution in [1.29, 1.82) is 0 Å². The van der Waals surface area contributed by atoms with E-state index < -0.39 is 11.6 Å². The molecule has 4 rings (SSSR count). The van der Waals surface area contributed by atoms with E-state index in [1.165, 1.54) is 16.7 Å². The number of carbonyl (C=O) groups is 1. The third-order valence-electron chi connectivity index (χ3n) is 5.42. The van der Waals surface area contributed by atoms with Crippen LogP contribution in [-0.4, -0.2) is 58.6 Å². The van der Waals surface area contributed by atoms with Gasteiger partial charge < -0.3 is 15.1 Å². The molecule has 0 saturated carbocycles. The first-order valence-electron chi connectivity index (χ1n) is 9.51. The van der Waals surface area contributed by atoms with Crippen molar-refractivity contribution in [3.8, 4) is 0 Å². The molecule has 2 aromatic heterocycles. The second kappa shape index (κ2) is 7.67. The zero-order valence-electron chi connectivity index (χ0n) is 16.4. The molecule has 29 heavy (non-hydrogen) atoms. The number of hydrogen-bond acceptors (Lipinski definition) is 5. The van der Waals surface area contributed by atoms with Gasteiger partial charge in [-0.05, 0) is 57.3 Å². The molecular weight excluding hydrogens is 375 g/mol. The molecule has 9 heteroatoms. The highest BCUT2D eigenvalue weighted by molar-refractivity contribution is 6.04. The van der Waals surface area contributed by atoms with Crippen LogP contribution in [0.4, 0.5) is 15.8 Å². The van der Waals surface area contributed by atoms with Crippen LogP contribution in [0.1, 0.15) is 23.2 Å². The van der Waals surface area contributed by atoms with Crippen molar-refractivity contribution in [2.45, 2.75) is 18.9 Å². The summed E-state index contributed by atoms with van der Waals surface area (Å²) in [6.07, 6.45) is 3.37. The summed E-state index contributed by atoms with van der Waals surface area (Å²) in [5.41, 5.74) is 1.17. The lowest BCUT2D eigenvalue weighted by Crippen LogP contribution is -2.42. The number of pyridine rings is 1. The Morgan fingerprint density at radius 1 is 1.24 bits per heavy atom. The van der Waals surface area contributed by atoms with E-state index in [0.29, 0.717) is 23.1 Å². The summed E-state index contributed by atoms with van der Waals surface area (Å²) in [5.74, 6) is -0.799. The fraction of sp³-hybridized carbons (Fsp3) is 0.350. The molecule has 0 unspecified atom stereocenters. The molecule has 2 N–H and O–H groups in total. The Hall–Kier alpha value is -3.20. The number of amides is 1. The number of halogens is 1. The van der Waals surface area contributed by atoms with Crippen molar-refractivity contribution >= 4 is 22.9 Å². The van der Waals surface area contributed by atoms with Crippen molar-refractivity contribution in [3.63, 3.8) is 0 Å². The summed E-state index contributed by atoms with van der Waals surface area (Å²) >= 11 is 0. The van der Waals surface area contributed by atoms with Crippen LogP contribution < -0.4 is 15.9 Å². The number of nitrogens with zero attached hydrogens (tertiary/aromatic N) is 4. The van der Waals surface area contributed by atoms with Gasteiger partial charge in [0.15, 0.2) is 5.65 Å². The van der Waals surface area contributed by atoms with Gasteiger partial charge in [0, 0.05) is 31.0 Å². The molecule has 1 aliphatic heterocycles. The minimum Gasteiger partial charge on any atom is -0.369 e. The topological polar surface area (TPSA) is 85.7 Å². The maximum absolute atomic E-state index is 14.7. The van der Waals surface area contributed by atoms with Gasteiger partial charge >= 0.3 is 5.69 Å². The lowest BCUT2D eigenvalue weighted by molar-refractivity contribution is 0.102. The SMILES string of the molecule is CN(C)C1CCN(c2ccc(NC(=O)c3ccc4n[nH]c(=O)n4c3)cc2F)CC1. The lowest BCUT2D eigenvalue weighted by atomic mass is 10.0. The summed E-state index contributed by atoms with van der Waals surface area (Å²) in [6.45, 7) is 1.59. The van der Waals surface area contributed by atoms with Crippen molar-refractivity contribution in [2.75, 3.05) is 37.4 Å². The number of anilines is 2. The Labute approximate surface area is 166 Å². The van der Waals surface area contributed by atoms with Gasteiger partial charge in [0.25, 0.3) is 5.91 Å². The zero-order valence-corrected chi connectivity index (χ0v) is 16.4. The fourth-order valence-electron chi connectivity index (χ4n) is 3.71. The van der Waals surface area contributed by atoms with Crippen molar-refractivity contribution in [2.24, 2.45) is 0 Å². The number of benzene rings is 1. The zero-order chi connectivity index (χ0) is 20.5. The number of fused-ring (bicyclic) bond motifs is 1. The lowest BCUT2D eigenvalue weighted by Gasteiger charge is -2.36. The number of rotatable bonds is 4. The average molecular weight is 398 g/mol. The molecule has 1 fully saturated rings. The van der Waals surface area contributed by atoms with E-state index in [4.69, 9.17) is 0 Å². The van der Waals surface area contributed by atoms with Gasteiger partial charge in [0.2, 0.25) is 0 Å². The molecule has 0 radical (unpaired) electrons. The Kier molecular flexibility index (Phi) is 5.06. The van der Waals surface area contributed by atoms with Crippen molar-refractivity contribution in [3.05, 3.63) is 58.4 Å². The Morgan fingerprint density at radius 3 is 2.69 bits per heavy atom. The molecular formula is C20H23FN6O2. The first-order chi connectivity index (χ1) is 13.9. The van der Waals surface area contributed by atoms with E-state index >= 15 is 0 Å². The van der Waals surface area contributed by atoms with Gasteiger partial charge in [0.05, 0.1) is 11.3 Å². The molecule has 0 bridgehead atoms. The molecule has 8 nitrogen and oxygen atoms in total. The van der Waals surface area contributed by atoms with E-state index in [-0.39, 0.29) is 11.4 Å². The van der Waals surface area contributed by atoms with Crippen LogP contribution in [-0.2, 0) is 0 Å². The summed E-state index contributed by atoms with van der Waals surface area (Å²) in [7, 11) is 4.14. The highest BCUT2D eigenvalue weighted by atomic mass is 19.1. The standard InChI is InChI=1S/C20H23FN6O2/c1-25(2)15-7-9-26(10-8-15)17-5-4-14(11-16(17)21)22-19(28)13-3-6-18-23-24-20(29)27(18)12-13/h3-6,11-12,15H,7-10H2,1-2H3,(H,22,28)(H,24,29). The Balaban J connectivity index is 1.47. The summed E-state index contributed by atoms with van der Waals surface area (Å²) in [5, 5.41) is 8.81. The predicted molar refractivity (Wildman–Crippen MR) is 109 cm³/mol. The second-order valence-corrected chi connectivity index (χ2v) is 7.48. The van der Waals surface area contributed by atoms with Crippen LogP contribution in [0.3, 0.4) is 0 Å². The van der Waals surface area contributed by atoms with Crippen LogP contribution in [0.25, 0.3) is 5.65 Å². The van der Waals surface area contributed by atoms with Gasteiger partial charge in [-0.25, -0.2) is 18.7 Å². The van der Waals surface area contributed by atoms with Gasteiger partial charge in [-0.2, -0.15) is 5.10 Å². The summed E-state index contributed by atoms with van der Waals surface area (Å²) in [6, 6.07) is 8.36. The highest BCUT2D eigenvalue weighted by Crippen LogP contribution is 2.27. The van der Waals surface area contributed by atoms with Crippen molar-refractivity contribution in [1.82, 2.24) is 19.5 Å².